The summed E-state index contributed by atoms with van der Waals surface area (Å²) >= 11 is 0. The Kier molecular flexibility index (Phi) is 3.38. The third-order valence-electron chi connectivity index (χ3n) is 2.27. The maximum absolute atomic E-state index is 12.5. The van der Waals surface area contributed by atoms with E-state index in [0.717, 1.165) is 7.05 Å². The lowest BCUT2D eigenvalue weighted by Crippen LogP contribution is -2.69. The molecule has 12 heteroatoms. The predicted molar refractivity (Wildman–Crippen MR) is 42.6 cm³/mol. The van der Waals surface area contributed by atoms with Gasteiger partial charge in [0.25, 0.3) is 0 Å². The maximum Gasteiger partial charge on any atom is 0.377 e. The molecule has 0 aromatic carbocycles. The van der Waals surface area contributed by atoms with Crippen molar-refractivity contribution in [3.05, 3.63) is 10.1 Å². The van der Waals surface area contributed by atoms with Crippen LogP contribution in [0.1, 0.15) is 0 Å². The molecule has 1 fully saturated rings. The van der Waals surface area contributed by atoms with Crippen LogP contribution >= 0.6 is 0 Å². The SMILES string of the molecule is CN1CC(N(F)F)(N(F)F)CN([N+](=O)[O-])C1=O. The van der Waals surface area contributed by atoms with Gasteiger partial charge >= 0.3 is 6.03 Å². The van der Waals surface area contributed by atoms with E-state index in [-0.39, 0.29) is 5.01 Å². The minimum atomic E-state index is -3.23. The fourth-order valence-electron chi connectivity index (χ4n) is 1.40. The van der Waals surface area contributed by atoms with Gasteiger partial charge in [-0.25, -0.2) is 14.9 Å². The van der Waals surface area contributed by atoms with Crippen LogP contribution in [0.4, 0.5) is 22.7 Å². The van der Waals surface area contributed by atoms with Gasteiger partial charge in [0, 0.05) is 7.05 Å². The van der Waals surface area contributed by atoms with Crippen LogP contribution in [0.25, 0.3) is 0 Å². The first-order valence-electron chi connectivity index (χ1n) is 4.13. The van der Waals surface area contributed by atoms with Gasteiger partial charge in [0.05, 0.1) is 17.2 Å². The molecule has 8 nitrogen and oxygen atoms in total. The lowest BCUT2D eigenvalue weighted by Gasteiger charge is -2.40. The fourth-order valence-corrected chi connectivity index (χ4v) is 1.40. The molecule has 0 atom stereocenters. The van der Waals surface area contributed by atoms with Crippen LogP contribution in [0, 0.1) is 10.1 Å². The molecular formula is C5H7F4N5O3. The molecule has 0 aromatic rings. The summed E-state index contributed by atoms with van der Waals surface area (Å²) in [5.74, 6) is 0. The second-order valence-corrected chi connectivity index (χ2v) is 3.38. The molecule has 0 aromatic heterocycles. The number of carbonyl (C=O) groups excluding carboxylic acids is 1. The predicted octanol–water partition coefficient (Wildman–Crippen LogP) is 0.384. The number of likely N-dealkylation sites (N-methyl/N-ethyl adjacent to an activating group) is 1. The largest absolute Gasteiger partial charge is 0.377 e. The van der Waals surface area contributed by atoms with Crippen molar-refractivity contribution in [2.75, 3.05) is 20.1 Å². The van der Waals surface area contributed by atoms with Crippen LogP contribution in [0.15, 0.2) is 0 Å². The quantitative estimate of drug-likeness (QED) is 0.241. The number of carbonyl (C=O) groups is 1. The number of hydrogen-bond acceptors (Lipinski definition) is 5. The van der Waals surface area contributed by atoms with Gasteiger partial charge < -0.3 is 4.90 Å². The van der Waals surface area contributed by atoms with Crippen molar-refractivity contribution in [3.8, 4) is 0 Å². The second kappa shape index (κ2) is 4.29. The van der Waals surface area contributed by atoms with Gasteiger partial charge in [-0.3, -0.25) is 0 Å². The smallest absolute Gasteiger partial charge is 0.320 e. The van der Waals surface area contributed by atoms with Crippen molar-refractivity contribution in [2.24, 2.45) is 0 Å². The maximum atomic E-state index is 12.5. The van der Waals surface area contributed by atoms with Crippen molar-refractivity contribution in [1.29, 1.82) is 0 Å². The Morgan fingerprint density at radius 2 is 1.76 bits per heavy atom. The van der Waals surface area contributed by atoms with Gasteiger partial charge in [0.1, 0.15) is 6.54 Å². The topological polar surface area (TPSA) is 73.2 Å². The second-order valence-electron chi connectivity index (χ2n) is 3.38. The third-order valence-corrected chi connectivity index (χ3v) is 2.27. The zero-order valence-electron chi connectivity index (χ0n) is 8.39. The van der Waals surface area contributed by atoms with Crippen LogP contribution in [-0.4, -0.2) is 57.5 Å². The van der Waals surface area contributed by atoms with E-state index < -0.39 is 40.5 Å². The summed E-state index contributed by atoms with van der Waals surface area (Å²) in [4.78, 5) is 22.0. The van der Waals surface area contributed by atoms with Gasteiger partial charge in [-0.1, -0.05) is 17.9 Å². The van der Waals surface area contributed by atoms with Gasteiger partial charge in [0.15, 0.2) is 5.03 Å². The minimum absolute atomic E-state index is 0.304. The monoisotopic (exact) mass is 261 g/mol. The average Bonchev–Trinajstić information content (AvgIpc) is 2.20. The molecule has 17 heavy (non-hydrogen) atoms. The van der Waals surface area contributed by atoms with Crippen molar-refractivity contribution in [3.63, 3.8) is 0 Å². The van der Waals surface area contributed by atoms with E-state index in [9.17, 15) is 32.8 Å². The van der Waals surface area contributed by atoms with E-state index >= 15 is 0 Å². The van der Waals surface area contributed by atoms with Crippen LogP contribution in [0.5, 0.6) is 0 Å². The summed E-state index contributed by atoms with van der Waals surface area (Å²) in [5.41, 5.74) is -3.23. The van der Waals surface area contributed by atoms with Crippen LogP contribution in [0.3, 0.4) is 0 Å². The molecule has 0 aliphatic carbocycles. The number of nitro groups is 1. The Morgan fingerprint density at radius 3 is 2.12 bits per heavy atom. The Bertz CT molecular complexity index is 332. The Hall–Kier alpha value is -1.69. The Morgan fingerprint density at radius 1 is 1.29 bits per heavy atom. The van der Waals surface area contributed by atoms with Gasteiger partial charge in [-0.15, -0.1) is 0 Å². The summed E-state index contributed by atoms with van der Waals surface area (Å²) in [6.45, 7) is -2.53. The molecular weight excluding hydrogens is 254 g/mol. The van der Waals surface area contributed by atoms with E-state index in [1.165, 1.54) is 0 Å². The molecule has 0 saturated carbocycles. The number of amides is 2. The molecule has 2 amide bonds. The van der Waals surface area contributed by atoms with Gasteiger partial charge in [-0.2, -0.15) is 0 Å². The zero-order valence-corrected chi connectivity index (χ0v) is 8.39. The van der Waals surface area contributed by atoms with Crippen molar-refractivity contribution >= 4 is 6.03 Å². The molecule has 98 valence electrons. The summed E-state index contributed by atoms with van der Waals surface area (Å²) < 4.78 is 50.0. The highest BCUT2D eigenvalue weighted by Gasteiger charge is 2.58. The number of nitrogens with zero attached hydrogens (tertiary/aromatic N) is 5. The first-order chi connectivity index (χ1) is 7.72. The van der Waals surface area contributed by atoms with E-state index in [1.807, 2.05) is 0 Å². The molecule has 0 N–H and O–H groups in total. The highest BCUT2D eigenvalue weighted by Crippen LogP contribution is 2.29. The Balaban J connectivity index is 3.10. The van der Waals surface area contributed by atoms with Crippen molar-refractivity contribution < 1.29 is 27.8 Å². The molecule has 1 aliphatic rings. The summed E-state index contributed by atoms with van der Waals surface area (Å²) in [5, 5.41) is 5.07. The standard InChI is InChI=1S/C5H7F4N5O3/c1-10-2-5(12(6)7,13(8)9)3-11(4(10)15)14(16)17/h2-3H2,1H3. The minimum Gasteiger partial charge on any atom is -0.320 e. The first-order valence-corrected chi connectivity index (χ1v) is 4.13. The van der Waals surface area contributed by atoms with Gasteiger partial charge in [-0.05, 0) is 5.01 Å². The van der Waals surface area contributed by atoms with Crippen LogP contribution < -0.4 is 0 Å². The van der Waals surface area contributed by atoms with Crippen LogP contribution in [-0.2, 0) is 0 Å². The molecule has 1 aliphatic heterocycles. The van der Waals surface area contributed by atoms with E-state index in [4.69, 9.17) is 0 Å². The number of halogens is 4. The highest BCUT2D eigenvalue weighted by molar-refractivity contribution is 5.74. The lowest BCUT2D eigenvalue weighted by atomic mass is 10.1. The van der Waals surface area contributed by atoms with Crippen LogP contribution in [0.2, 0.25) is 0 Å². The molecule has 1 rings (SSSR count). The van der Waals surface area contributed by atoms with Crippen molar-refractivity contribution in [2.45, 2.75) is 5.66 Å². The molecule has 0 radical (unpaired) electrons. The summed E-state index contributed by atoms with van der Waals surface area (Å²) in [6, 6.07) is -1.24. The number of hydrazine groups is 1. The summed E-state index contributed by atoms with van der Waals surface area (Å²) in [6.07, 6.45) is 0. The lowest BCUT2D eigenvalue weighted by molar-refractivity contribution is -0.643. The molecule has 0 spiro atoms. The van der Waals surface area contributed by atoms with E-state index in [2.05, 4.69) is 0 Å². The van der Waals surface area contributed by atoms with Crippen molar-refractivity contribution in [1.82, 2.24) is 20.6 Å². The number of rotatable bonds is 3. The fraction of sp³-hybridized carbons (Fsp3) is 0.800. The summed E-state index contributed by atoms with van der Waals surface area (Å²) in [7, 11) is 0.903. The highest BCUT2D eigenvalue weighted by atomic mass is 19.4. The molecule has 0 bridgehead atoms. The molecule has 1 heterocycles. The average molecular weight is 261 g/mol. The van der Waals surface area contributed by atoms with E-state index in [0.29, 0.717) is 4.90 Å². The van der Waals surface area contributed by atoms with Gasteiger partial charge in [0.2, 0.25) is 5.66 Å². The number of urea groups is 1. The normalized spacial score (nSPS) is 20.3. The molecule has 1 saturated heterocycles. The zero-order chi connectivity index (χ0) is 13.4. The Labute approximate surface area is 91.4 Å². The number of hydrogen-bond donors (Lipinski definition) is 0. The third kappa shape index (κ3) is 2.08. The first kappa shape index (κ1) is 13.4. The van der Waals surface area contributed by atoms with E-state index in [1.54, 1.807) is 0 Å². The molecule has 0 unspecified atom stereocenters.